The fourth-order valence-electron chi connectivity index (χ4n) is 3.79. The average Bonchev–Trinajstić information content (AvgIpc) is 3.07. The third kappa shape index (κ3) is 3.53. The first-order valence-electron chi connectivity index (χ1n) is 8.32. The van der Waals surface area contributed by atoms with Gasteiger partial charge in [-0.2, -0.15) is 0 Å². The highest BCUT2D eigenvalue weighted by molar-refractivity contribution is 7.89. The van der Waals surface area contributed by atoms with Crippen LogP contribution in [0, 0.1) is 11.8 Å². The van der Waals surface area contributed by atoms with E-state index < -0.39 is 10.0 Å². The first-order chi connectivity index (χ1) is 10.6. The molecule has 0 unspecified atom stereocenters. The van der Waals surface area contributed by atoms with E-state index in [1.165, 1.54) is 12.0 Å². The van der Waals surface area contributed by atoms with Gasteiger partial charge in [0.05, 0.1) is 5.75 Å². The maximum atomic E-state index is 12.0. The molecule has 0 radical (unpaired) electrons. The lowest BCUT2D eigenvalue weighted by molar-refractivity contribution is 0.293. The van der Waals surface area contributed by atoms with Gasteiger partial charge in [-0.3, -0.25) is 0 Å². The monoisotopic (exact) mass is 322 g/mol. The zero-order valence-corrected chi connectivity index (χ0v) is 14.1. The number of nitrogens with zero attached hydrogens (tertiary/aromatic N) is 2. The standard InChI is InChI=1S/C17H26N2O2S/c1-2-22(20,21)19-13-16-11-18(12-17(16)14-19)10-6-9-15-7-4-3-5-8-15/h3-5,7-8,16-17H,2,6,9-14H2,1H3/t16-,17-/m0/s1. The second-order valence-corrected chi connectivity index (χ2v) is 8.84. The van der Waals surface area contributed by atoms with Crippen molar-refractivity contribution in [2.75, 3.05) is 38.5 Å². The summed E-state index contributed by atoms with van der Waals surface area (Å²) in [5, 5.41) is 0. The van der Waals surface area contributed by atoms with E-state index in [4.69, 9.17) is 0 Å². The zero-order valence-electron chi connectivity index (χ0n) is 13.3. The summed E-state index contributed by atoms with van der Waals surface area (Å²) in [6.07, 6.45) is 2.31. The first kappa shape index (κ1) is 16.0. The number of rotatable bonds is 6. The van der Waals surface area contributed by atoms with Crippen molar-refractivity contribution < 1.29 is 8.42 Å². The Kier molecular flexibility index (Phi) is 4.85. The number of hydrogen-bond donors (Lipinski definition) is 0. The van der Waals surface area contributed by atoms with Crippen LogP contribution in [-0.2, 0) is 16.4 Å². The second-order valence-electron chi connectivity index (χ2n) is 6.59. The Bertz CT molecular complexity index is 574. The van der Waals surface area contributed by atoms with Crippen LogP contribution in [0.1, 0.15) is 18.9 Å². The van der Waals surface area contributed by atoms with Crippen LogP contribution in [0.5, 0.6) is 0 Å². The molecule has 4 nitrogen and oxygen atoms in total. The topological polar surface area (TPSA) is 40.6 Å². The van der Waals surface area contributed by atoms with Gasteiger partial charge in [0, 0.05) is 26.2 Å². The molecule has 2 atom stereocenters. The van der Waals surface area contributed by atoms with Gasteiger partial charge in [-0.1, -0.05) is 30.3 Å². The van der Waals surface area contributed by atoms with Crippen LogP contribution < -0.4 is 0 Å². The lowest BCUT2D eigenvalue weighted by Crippen LogP contribution is -2.34. The third-order valence-electron chi connectivity index (χ3n) is 5.07. The molecule has 0 aliphatic carbocycles. The third-order valence-corrected chi connectivity index (χ3v) is 6.88. The molecule has 2 aliphatic heterocycles. The Labute approximate surface area is 134 Å². The number of fused-ring (bicyclic) bond motifs is 1. The molecule has 1 aromatic carbocycles. The van der Waals surface area contributed by atoms with Gasteiger partial charge in [-0.05, 0) is 43.7 Å². The molecule has 2 heterocycles. The lowest BCUT2D eigenvalue weighted by Gasteiger charge is -2.20. The number of benzene rings is 1. The predicted octanol–water partition coefficient (Wildman–Crippen LogP) is 1.83. The smallest absolute Gasteiger partial charge is 0.213 e. The zero-order chi connectivity index (χ0) is 15.6. The first-order valence-corrected chi connectivity index (χ1v) is 9.93. The quantitative estimate of drug-likeness (QED) is 0.802. The van der Waals surface area contributed by atoms with Crippen molar-refractivity contribution in [2.24, 2.45) is 11.8 Å². The Morgan fingerprint density at radius 3 is 2.27 bits per heavy atom. The van der Waals surface area contributed by atoms with Crippen LogP contribution in [0.4, 0.5) is 0 Å². The molecule has 22 heavy (non-hydrogen) atoms. The van der Waals surface area contributed by atoms with Gasteiger partial charge in [0.15, 0.2) is 0 Å². The fourth-order valence-corrected chi connectivity index (χ4v) is 4.99. The minimum atomic E-state index is -3.00. The highest BCUT2D eigenvalue weighted by Gasteiger charge is 2.42. The minimum absolute atomic E-state index is 0.229. The van der Waals surface area contributed by atoms with Crippen LogP contribution in [0.25, 0.3) is 0 Å². The number of aryl methyl sites for hydroxylation is 1. The summed E-state index contributed by atoms with van der Waals surface area (Å²) >= 11 is 0. The maximum absolute atomic E-state index is 12.0. The summed E-state index contributed by atoms with van der Waals surface area (Å²) in [5.41, 5.74) is 1.40. The van der Waals surface area contributed by atoms with E-state index in [0.29, 0.717) is 11.8 Å². The summed E-state index contributed by atoms with van der Waals surface area (Å²) in [7, 11) is -3.00. The highest BCUT2D eigenvalue weighted by atomic mass is 32.2. The van der Waals surface area contributed by atoms with Gasteiger partial charge in [0.2, 0.25) is 10.0 Å². The fraction of sp³-hybridized carbons (Fsp3) is 0.647. The van der Waals surface area contributed by atoms with E-state index in [1.807, 2.05) is 0 Å². The molecular weight excluding hydrogens is 296 g/mol. The van der Waals surface area contributed by atoms with E-state index in [2.05, 4.69) is 35.2 Å². The van der Waals surface area contributed by atoms with Crippen molar-refractivity contribution in [2.45, 2.75) is 19.8 Å². The summed E-state index contributed by atoms with van der Waals surface area (Å²) in [5.74, 6) is 1.31. The molecule has 122 valence electrons. The summed E-state index contributed by atoms with van der Waals surface area (Å²) in [4.78, 5) is 2.52. The van der Waals surface area contributed by atoms with Crippen LogP contribution >= 0.6 is 0 Å². The van der Waals surface area contributed by atoms with Gasteiger partial charge in [0.1, 0.15) is 0 Å². The number of likely N-dealkylation sites (tertiary alicyclic amines) is 1. The molecular formula is C17H26N2O2S. The molecule has 2 saturated heterocycles. The molecule has 1 aromatic rings. The Balaban J connectivity index is 1.44. The van der Waals surface area contributed by atoms with Crippen LogP contribution in [0.3, 0.4) is 0 Å². The second kappa shape index (κ2) is 6.69. The van der Waals surface area contributed by atoms with E-state index >= 15 is 0 Å². The molecule has 0 aromatic heterocycles. The number of sulfonamides is 1. The molecule has 3 rings (SSSR count). The molecule has 0 spiro atoms. The van der Waals surface area contributed by atoms with E-state index in [0.717, 1.165) is 39.1 Å². The van der Waals surface area contributed by atoms with Crippen molar-refractivity contribution in [3.05, 3.63) is 35.9 Å². The maximum Gasteiger partial charge on any atom is 0.213 e. The Morgan fingerprint density at radius 2 is 1.68 bits per heavy atom. The summed E-state index contributed by atoms with van der Waals surface area (Å²) in [6.45, 7) is 6.46. The van der Waals surface area contributed by atoms with Gasteiger partial charge in [-0.25, -0.2) is 12.7 Å². The van der Waals surface area contributed by atoms with Gasteiger partial charge in [-0.15, -0.1) is 0 Å². The Hall–Kier alpha value is -0.910. The molecule has 0 N–H and O–H groups in total. The summed E-state index contributed by atoms with van der Waals surface area (Å²) < 4.78 is 25.6. The van der Waals surface area contributed by atoms with E-state index in [1.54, 1.807) is 11.2 Å². The average molecular weight is 322 g/mol. The van der Waals surface area contributed by atoms with E-state index in [-0.39, 0.29) is 5.75 Å². The highest BCUT2D eigenvalue weighted by Crippen LogP contribution is 2.32. The largest absolute Gasteiger partial charge is 0.303 e. The molecule has 0 amide bonds. The number of hydrogen-bond acceptors (Lipinski definition) is 3. The van der Waals surface area contributed by atoms with Crippen molar-refractivity contribution >= 4 is 10.0 Å². The lowest BCUT2D eigenvalue weighted by atomic mass is 10.0. The van der Waals surface area contributed by atoms with Crippen LogP contribution in [0.15, 0.2) is 30.3 Å². The molecule has 5 heteroatoms. The van der Waals surface area contributed by atoms with Crippen molar-refractivity contribution in [1.82, 2.24) is 9.21 Å². The normalized spacial score (nSPS) is 26.4. The minimum Gasteiger partial charge on any atom is -0.303 e. The summed E-state index contributed by atoms with van der Waals surface area (Å²) in [6, 6.07) is 10.6. The molecule has 0 saturated carbocycles. The predicted molar refractivity (Wildman–Crippen MR) is 89.2 cm³/mol. The van der Waals surface area contributed by atoms with Crippen LogP contribution in [-0.4, -0.2) is 56.1 Å². The molecule has 0 bridgehead atoms. The van der Waals surface area contributed by atoms with Crippen molar-refractivity contribution in [1.29, 1.82) is 0 Å². The van der Waals surface area contributed by atoms with Crippen molar-refractivity contribution in [3.63, 3.8) is 0 Å². The molecule has 2 fully saturated rings. The van der Waals surface area contributed by atoms with Crippen LogP contribution in [0.2, 0.25) is 0 Å². The SMILES string of the molecule is CCS(=O)(=O)N1C[C@@H]2CN(CCCc3ccccc3)C[C@H]2C1. The molecule has 2 aliphatic rings. The van der Waals surface area contributed by atoms with Gasteiger partial charge < -0.3 is 4.90 Å². The van der Waals surface area contributed by atoms with Gasteiger partial charge in [0.25, 0.3) is 0 Å². The Morgan fingerprint density at radius 1 is 1.05 bits per heavy atom. The van der Waals surface area contributed by atoms with Gasteiger partial charge >= 0.3 is 0 Å². The van der Waals surface area contributed by atoms with E-state index in [9.17, 15) is 8.42 Å². The van der Waals surface area contributed by atoms with Crippen molar-refractivity contribution in [3.8, 4) is 0 Å².